The minimum absolute atomic E-state index is 0.0748. The number of aromatic hydroxyl groups is 1. The first-order valence-corrected chi connectivity index (χ1v) is 14.0. The molecule has 1 N–H and O–H groups in total. The second-order valence-electron chi connectivity index (χ2n) is 11.5. The number of aromatic nitrogens is 1. The van der Waals surface area contributed by atoms with E-state index in [1.807, 2.05) is 111 Å². The van der Waals surface area contributed by atoms with Gasteiger partial charge in [-0.1, -0.05) is 60.7 Å². The number of aryl methyl sites for hydroxylation is 1. The molecule has 1 aliphatic rings. The number of carbonyl (C=O) groups is 2. The van der Waals surface area contributed by atoms with Crippen LogP contribution >= 0.6 is 0 Å². The van der Waals surface area contributed by atoms with E-state index < -0.39 is 5.60 Å². The first kappa shape index (κ1) is 28.0. The highest BCUT2D eigenvalue weighted by molar-refractivity contribution is 6.01. The summed E-state index contributed by atoms with van der Waals surface area (Å²) in [5.74, 6) is 0.111. The molecule has 1 atom stereocenters. The molecule has 0 unspecified atom stereocenters. The summed E-state index contributed by atoms with van der Waals surface area (Å²) in [5.41, 5.74) is 4.72. The summed E-state index contributed by atoms with van der Waals surface area (Å²) in [5, 5.41) is 9.80. The summed E-state index contributed by atoms with van der Waals surface area (Å²) in [6.45, 7) is 8.68. The molecular weight excluding hydrogens is 514 g/mol. The van der Waals surface area contributed by atoms with Crippen LogP contribution < -0.4 is 0 Å². The molecule has 0 spiro atoms. The van der Waals surface area contributed by atoms with Gasteiger partial charge in [0.15, 0.2) is 0 Å². The molecule has 1 aliphatic heterocycles. The van der Waals surface area contributed by atoms with Crippen molar-refractivity contribution in [1.82, 2.24) is 14.4 Å². The van der Waals surface area contributed by atoms with Gasteiger partial charge < -0.3 is 24.2 Å². The highest BCUT2D eigenvalue weighted by atomic mass is 16.6. The molecule has 5 rings (SSSR count). The Morgan fingerprint density at radius 3 is 2.17 bits per heavy atom. The van der Waals surface area contributed by atoms with Crippen molar-refractivity contribution in [3.8, 4) is 22.7 Å². The molecule has 7 nitrogen and oxygen atoms in total. The lowest BCUT2D eigenvalue weighted by Gasteiger charge is -2.42. The van der Waals surface area contributed by atoms with Crippen molar-refractivity contribution in [3.05, 3.63) is 108 Å². The molecule has 2 amide bonds. The van der Waals surface area contributed by atoms with Crippen molar-refractivity contribution in [2.45, 2.75) is 45.8 Å². The lowest BCUT2D eigenvalue weighted by atomic mass is 10.00. The van der Waals surface area contributed by atoms with Crippen LogP contribution in [-0.2, 0) is 11.2 Å². The molecule has 41 heavy (non-hydrogen) atoms. The van der Waals surface area contributed by atoms with Crippen LogP contribution in [0.25, 0.3) is 16.9 Å². The number of ether oxygens (including phenoxy) is 1. The summed E-state index contributed by atoms with van der Waals surface area (Å²) >= 11 is 0. The average Bonchev–Trinajstić information content (AvgIpc) is 3.31. The molecule has 2 heterocycles. The Labute approximate surface area is 241 Å². The SMILES string of the molecule is Cc1cc(C(=O)N2CCN(C(=O)OC(C)(C)C)C[C@H]2Cc2ccc(O)cc2)c(-c2ccccc2)n1-c1ccccc1. The maximum absolute atomic E-state index is 14.5. The Balaban J connectivity index is 1.53. The number of carbonyl (C=O) groups excluding carboxylic acids is 2. The molecule has 1 aromatic heterocycles. The van der Waals surface area contributed by atoms with Crippen molar-refractivity contribution in [3.63, 3.8) is 0 Å². The molecule has 0 radical (unpaired) electrons. The number of amides is 2. The van der Waals surface area contributed by atoms with Crippen LogP contribution in [0.5, 0.6) is 5.75 Å². The zero-order valence-corrected chi connectivity index (χ0v) is 24.1. The molecule has 212 valence electrons. The number of benzene rings is 3. The van der Waals surface area contributed by atoms with Crippen molar-refractivity contribution in [2.24, 2.45) is 0 Å². The topological polar surface area (TPSA) is 75.0 Å². The summed E-state index contributed by atoms with van der Waals surface area (Å²) in [6.07, 6.45) is 0.154. The van der Waals surface area contributed by atoms with Crippen LogP contribution in [-0.4, -0.2) is 62.8 Å². The van der Waals surface area contributed by atoms with Crippen molar-refractivity contribution in [2.75, 3.05) is 19.6 Å². The number of phenolic OH excluding ortho intramolecular Hbond substituents is 1. The van der Waals surface area contributed by atoms with Gasteiger partial charge in [0.1, 0.15) is 11.4 Å². The predicted molar refractivity (Wildman–Crippen MR) is 160 cm³/mol. The summed E-state index contributed by atoms with van der Waals surface area (Å²) < 4.78 is 7.80. The van der Waals surface area contributed by atoms with Crippen LogP contribution in [0.1, 0.15) is 42.4 Å². The quantitative estimate of drug-likeness (QED) is 0.309. The molecule has 3 aromatic carbocycles. The molecule has 7 heteroatoms. The van der Waals surface area contributed by atoms with Crippen LogP contribution in [0.2, 0.25) is 0 Å². The molecular formula is C34H37N3O4. The summed E-state index contributed by atoms with van der Waals surface area (Å²) in [6, 6.07) is 28.7. The predicted octanol–water partition coefficient (Wildman–Crippen LogP) is 6.46. The lowest BCUT2D eigenvalue weighted by molar-refractivity contribution is 0.00440. The van der Waals surface area contributed by atoms with Crippen LogP contribution in [0.15, 0.2) is 91.0 Å². The van der Waals surface area contributed by atoms with E-state index in [2.05, 4.69) is 4.57 Å². The number of rotatable bonds is 5. The number of para-hydroxylation sites is 1. The fourth-order valence-electron chi connectivity index (χ4n) is 5.44. The number of hydrogen-bond acceptors (Lipinski definition) is 4. The number of phenols is 1. The minimum atomic E-state index is -0.612. The molecule has 0 bridgehead atoms. The largest absolute Gasteiger partial charge is 0.508 e. The van der Waals surface area contributed by atoms with Gasteiger partial charge in [-0.25, -0.2) is 4.79 Å². The fraction of sp³-hybridized carbons (Fsp3) is 0.294. The zero-order chi connectivity index (χ0) is 29.1. The van der Waals surface area contributed by atoms with Gasteiger partial charge >= 0.3 is 6.09 Å². The smallest absolute Gasteiger partial charge is 0.410 e. The highest BCUT2D eigenvalue weighted by Gasteiger charge is 2.36. The van der Waals surface area contributed by atoms with E-state index in [0.29, 0.717) is 31.6 Å². The third kappa shape index (κ3) is 6.30. The number of piperazine rings is 1. The zero-order valence-electron chi connectivity index (χ0n) is 24.1. The third-order valence-corrected chi connectivity index (χ3v) is 7.28. The number of nitrogens with zero attached hydrogens (tertiary/aromatic N) is 3. The van der Waals surface area contributed by atoms with Gasteiger partial charge in [0, 0.05) is 31.0 Å². The monoisotopic (exact) mass is 551 g/mol. The molecule has 4 aromatic rings. The van der Waals surface area contributed by atoms with Crippen LogP contribution in [0.4, 0.5) is 4.79 Å². The molecule has 1 saturated heterocycles. The van der Waals surface area contributed by atoms with E-state index in [-0.39, 0.29) is 23.8 Å². The van der Waals surface area contributed by atoms with Crippen molar-refractivity contribution in [1.29, 1.82) is 0 Å². The Morgan fingerprint density at radius 2 is 1.54 bits per heavy atom. The average molecular weight is 552 g/mol. The maximum atomic E-state index is 14.5. The first-order valence-electron chi connectivity index (χ1n) is 14.0. The van der Waals surface area contributed by atoms with E-state index in [1.165, 1.54) is 0 Å². The van der Waals surface area contributed by atoms with Gasteiger partial charge in [0.25, 0.3) is 5.91 Å². The Morgan fingerprint density at radius 1 is 0.902 bits per heavy atom. The van der Waals surface area contributed by atoms with Crippen molar-refractivity contribution >= 4 is 12.0 Å². The summed E-state index contributed by atoms with van der Waals surface area (Å²) in [7, 11) is 0. The molecule has 1 fully saturated rings. The van der Waals surface area contributed by atoms with Crippen molar-refractivity contribution < 1.29 is 19.4 Å². The third-order valence-electron chi connectivity index (χ3n) is 7.28. The normalized spacial score (nSPS) is 15.6. The maximum Gasteiger partial charge on any atom is 0.410 e. The van der Waals surface area contributed by atoms with Gasteiger partial charge in [0.2, 0.25) is 0 Å². The van der Waals surface area contributed by atoms with Gasteiger partial charge in [-0.05, 0) is 75.6 Å². The van der Waals surface area contributed by atoms with E-state index in [0.717, 1.165) is 28.2 Å². The van der Waals surface area contributed by atoms with E-state index in [4.69, 9.17) is 4.74 Å². The van der Waals surface area contributed by atoms with Gasteiger partial charge in [-0.3, -0.25) is 4.79 Å². The van der Waals surface area contributed by atoms with E-state index >= 15 is 0 Å². The first-order chi connectivity index (χ1) is 19.6. The molecule has 0 saturated carbocycles. The minimum Gasteiger partial charge on any atom is -0.508 e. The molecule has 0 aliphatic carbocycles. The van der Waals surface area contributed by atoms with Gasteiger partial charge in [-0.15, -0.1) is 0 Å². The summed E-state index contributed by atoms with van der Waals surface area (Å²) in [4.78, 5) is 31.1. The van der Waals surface area contributed by atoms with E-state index in [9.17, 15) is 14.7 Å². The van der Waals surface area contributed by atoms with Gasteiger partial charge in [0.05, 0.1) is 17.3 Å². The van der Waals surface area contributed by atoms with Gasteiger partial charge in [-0.2, -0.15) is 0 Å². The fourth-order valence-corrected chi connectivity index (χ4v) is 5.44. The lowest BCUT2D eigenvalue weighted by Crippen LogP contribution is -2.57. The highest BCUT2D eigenvalue weighted by Crippen LogP contribution is 2.33. The Kier molecular flexibility index (Phi) is 7.88. The standard InChI is InChI=1S/C34H37N3O4/c1-24-21-30(31(26-11-7-5-8-12-26)37(24)27-13-9-6-10-14-27)32(39)36-20-19-35(33(40)41-34(2,3)4)23-28(36)22-25-15-17-29(38)18-16-25/h5-18,21,28,38H,19-20,22-23H2,1-4H3/t28-/m1/s1. The Bertz CT molecular complexity index is 1510. The second-order valence-corrected chi connectivity index (χ2v) is 11.5. The van der Waals surface area contributed by atoms with Crippen LogP contribution in [0, 0.1) is 6.92 Å². The number of hydrogen-bond donors (Lipinski definition) is 1. The van der Waals surface area contributed by atoms with E-state index in [1.54, 1.807) is 17.0 Å². The van der Waals surface area contributed by atoms with Crippen LogP contribution in [0.3, 0.4) is 0 Å². The Hall–Kier alpha value is -4.52. The second kappa shape index (κ2) is 11.5.